The molecule has 0 saturated carbocycles. The largest absolute Gasteiger partial charge is 0.508 e. The Morgan fingerprint density at radius 3 is 2.23 bits per heavy atom. The van der Waals surface area contributed by atoms with Gasteiger partial charge in [-0.3, -0.25) is 4.99 Å². The molecule has 0 aromatic heterocycles. The summed E-state index contributed by atoms with van der Waals surface area (Å²) in [6.45, 7) is 6.01. The van der Waals surface area contributed by atoms with Crippen LogP contribution in [0, 0.1) is 0 Å². The van der Waals surface area contributed by atoms with Crippen LogP contribution in [0.2, 0.25) is 0 Å². The van der Waals surface area contributed by atoms with Gasteiger partial charge in [0.05, 0.1) is 6.04 Å². The van der Waals surface area contributed by atoms with E-state index >= 15 is 0 Å². The summed E-state index contributed by atoms with van der Waals surface area (Å²) in [6.07, 6.45) is 0. The summed E-state index contributed by atoms with van der Waals surface area (Å²) in [6, 6.07) is 7.34. The van der Waals surface area contributed by atoms with Crippen LogP contribution in [0.5, 0.6) is 5.75 Å². The molecule has 0 aliphatic carbocycles. The first-order valence-corrected chi connectivity index (χ1v) is 4.39. The van der Waals surface area contributed by atoms with Gasteiger partial charge >= 0.3 is 0 Å². The first-order valence-electron chi connectivity index (χ1n) is 4.39. The van der Waals surface area contributed by atoms with Gasteiger partial charge in [0.2, 0.25) is 0 Å². The lowest BCUT2D eigenvalue weighted by Gasteiger charge is -2.07. The van der Waals surface area contributed by atoms with Crippen LogP contribution in [0.3, 0.4) is 0 Å². The van der Waals surface area contributed by atoms with Crippen LogP contribution in [-0.4, -0.2) is 10.8 Å². The Morgan fingerprint density at radius 2 is 1.77 bits per heavy atom. The summed E-state index contributed by atoms with van der Waals surface area (Å²) in [4.78, 5) is 4.41. The molecule has 0 fully saturated rings. The second-order valence-electron chi connectivity index (χ2n) is 3.34. The maximum atomic E-state index is 9.08. The lowest BCUT2D eigenvalue weighted by atomic mass is 10.1. The van der Waals surface area contributed by atoms with Crippen molar-refractivity contribution >= 4 is 5.71 Å². The number of benzene rings is 1. The minimum atomic E-state index is 0.172. The van der Waals surface area contributed by atoms with Crippen molar-refractivity contribution in [1.29, 1.82) is 0 Å². The van der Waals surface area contributed by atoms with Crippen molar-refractivity contribution < 1.29 is 5.11 Å². The van der Waals surface area contributed by atoms with Crippen LogP contribution in [0.1, 0.15) is 32.4 Å². The molecule has 0 aliphatic heterocycles. The standard InChI is InChI=1S/C11H15NO/c1-8(2)12-9(3)10-4-6-11(13)7-5-10/h4-7,9,13H,1-3H3. The zero-order valence-electron chi connectivity index (χ0n) is 8.28. The average molecular weight is 177 g/mol. The lowest BCUT2D eigenvalue weighted by Crippen LogP contribution is -1.92. The molecule has 2 heteroatoms. The number of aliphatic imine (C=N–C) groups is 1. The van der Waals surface area contributed by atoms with Gasteiger partial charge in [0, 0.05) is 5.71 Å². The topological polar surface area (TPSA) is 32.6 Å². The third-order valence-electron chi connectivity index (χ3n) is 1.83. The molecule has 1 N–H and O–H groups in total. The lowest BCUT2D eigenvalue weighted by molar-refractivity contribution is 0.475. The van der Waals surface area contributed by atoms with Gasteiger partial charge in [-0.25, -0.2) is 0 Å². The normalized spacial score (nSPS) is 12.2. The van der Waals surface area contributed by atoms with E-state index in [4.69, 9.17) is 5.11 Å². The third kappa shape index (κ3) is 2.90. The number of hydrogen-bond acceptors (Lipinski definition) is 2. The summed E-state index contributed by atoms with van der Waals surface area (Å²) in [5.74, 6) is 0.299. The summed E-state index contributed by atoms with van der Waals surface area (Å²) >= 11 is 0. The Labute approximate surface area is 78.9 Å². The summed E-state index contributed by atoms with van der Waals surface area (Å²) < 4.78 is 0. The molecule has 70 valence electrons. The van der Waals surface area contributed by atoms with Crippen molar-refractivity contribution in [3.8, 4) is 5.75 Å². The molecule has 2 nitrogen and oxygen atoms in total. The van der Waals surface area contributed by atoms with Crippen molar-refractivity contribution in [2.45, 2.75) is 26.8 Å². The van der Waals surface area contributed by atoms with E-state index in [1.807, 2.05) is 32.9 Å². The molecule has 0 heterocycles. The maximum absolute atomic E-state index is 9.08. The van der Waals surface area contributed by atoms with Crippen LogP contribution in [-0.2, 0) is 0 Å². The van der Waals surface area contributed by atoms with Crippen molar-refractivity contribution in [3.63, 3.8) is 0 Å². The van der Waals surface area contributed by atoms with Crippen molar-refractivity contribution in [2.24, 2.45) is 4.99 Å². The Hall–Kier alpha value is -1.31. The van der Waals surface area contributed by atoms with E-state index < -0.39 is 0 Å². The van der Waals surface area contributed by atoms with Crippen LogP contribution in [0.4, 0.5) is 0 Å². The second kappa shape index (κ2) is 4.08. The molecule has 0 saturated heterocycles. The van der Waals surface area contributed by atoms with Gasteiger partial charge in [0.25, 0.3) is 0 Å². The minimum absolute atomic E-state index is 0.172. The van der Waals surface area contributed by atoms with Crippen LogP contribution in [0.25, 0.3) is 0 Å². The van der Waals surface area contributed by atoms with Crippen LogP contribution < -0.4 is 0 Å². The summed E-state index contributed by atoms with van der Waals surface area (Å²) in [7, 11) is 0. The summed E-state index contributed by atoms with van der Waals surface area (Å²) in [5, 5.41) is 9.08. The van der Waals surface area contributed by atoms with Crippen molar-refractivity contribution in [3.05, 3.63) is 29.8 Å². The number of nitrogens with zero attached hydrogens (tertiary/aromatic N) is 1. The Kier molecular flexibility index (Phi) is 3.07. The molecule has 1 rings (SSSR count). The average Bonchev–Trinajstić information content (AvgIpc) is 2.04. The van der Waals surface area contributed by atoms with Gasteiger partial charge < -0.3 is 5.11 Å². The highest BCUT2D eigenvalue weighted by molar-refractivity contribution is 5.79. The van der Waals surface area contributed by atoms with Crippen molar-refractivity contribution in [1.82, 2.24) is 0 Å². The molecule has 0 spiro atoms. The molecule has 0 aliphatic rings. The Bertz CT molecular complexity index is 296. The van der Waals surface area contributed by atoms with Crippen LogP contribution in [0.15, 0.2) is 29.3 Å². The molecule has 1 atom stereocenters. The molecule has 1 aromatic carbocycles. The molecular formula is C11H15NO. The molecule has 1 aromatic rings. The minimum Gasteiger partial charge on any atom is -0.508 e. The maximum Gasteiger partial charge on any atom is 0.115 e. The fourth-order valence-electron chi connectivity index (χ4n) is 1.21. The number of phenolic OH excluding ortho intramolecular Hbond substituents is 1. The van der Waals surface area contributed by atoms with Gasteiger partial charge in [-0.05, 0) is 38.5 Å². The van der Waals surface area contributed by atoms with E-state index in [-0.39, 0.29) is 6.04 Å². The number of phenols is 1. The predicted octanol–water partition coefficient (Wildman–Crippen LogP) is 2.93. The summed E-state index contributed by atoms with van der Waals surface area (Å²) in [5.41, 5.74) is 2.19. The monoisotopic (exact) mass is 177 g/mol. The van der Waals surface area contributed by atoms with E-state index in [2.05, 4.69) is 4.99 Å². The molecule has 1 unspecified atom stereocenters. The first kappa shape index (κ1) is 9.78. The second-order valence-corrected chi connectivity index (χ2v) is 3.34. The van der Waals surface area contributed by atoms with E-state index in [1.54, 1.807) is 12.1 Å². The highest BCUT2D eigenvalue weighted by atomic mass is 16.3. The van der Waals surface area contributed by atoms with Gasteiger partial charge in [0.1, 0.15) is 5.75 Å². The highest BCUT2D eigenvalue weighted by Gasteiger charge is 2.01. The van der Waals surface area contributed by atoms with Crippen LogP contribution >= 0.6 is 0 Å². The molecule has 0 bridgehead atoms. The predicted molar refractivity (Wildman–Crippen MR) is 55.3 cm³/mol. The Morgan fingerprint density at radius 1 is 1.23 bits per heavy atom. The highest BCUT2D eigenvalue weighted by Crippen LogP contribution is 2.19. The first-order chi connectivity index (χ1) is 6.09. The number of hydrogen-bond donors (Lipinski definition) is 1. The SMILES string of the molecule is CC(C)=NC(C)c1ccc(O)cc1. The van der Waals surface area contributed by atoms with E-state index in [1.165, 1.54) is 0 Å². The van der Waals surface area contributed by atoms with Gasteiger partial charge in [0.15, 0.2) is 0 Å². The fourth-order valence-corrected chi connectivity index (χ4v) is 1.21. The molecule has 13 heavy (non-hydrogen) atoms. The van der Waals surface area contributed by atoms with Crippen molar-refractivity contribution in [2.75, 3.05) is 0 Å². The van der Waals surface area contributed by atoms with Gasteiger partial charge in [-0.1, -0.05) is 12.1 Å². The molecule has 0 radical (unpaired) electrons. The quantitative estimate of drug-likeness (QED) is 0.692. The number of rotatable bonds is 2. The molecular weight excluding hydrogens is 162 g/mol. The Balaban J connectivity index is 2.83. The molecule has 0 amide bonds. The third-order valence-corrected chi connectivity index (χ3v) is 1.83. The zero-order valence-corrected chi connectivity index (χ0v) is 8.28. The van der Waals surface area contributed by atoms with E-state index in [9.17, 15) is 0 Å². The van der Waals surface area contributed by atoms with Gasteiger partial charge in [-0.2, -0.15) is 0 Å². The van der Waals surface area contributed by atoms with E-state index in [0.29, 0.717) is 5.75 Å². The smallest absolute Gasteiger partial charge is 0.115 e. The number of aromatic hydroxyl groups is 1. The van der Waals surface area contributed by atoms with Gasteiger partial charge in [-0.15, -0.1) is 0 Å². The fraction of sp³-hybridized carbons (Fsp3) is 0.364. The zero-order chi connectivity index (χ0) is 9.84. The van der Waals surface area contributed by atoms with E-state index in [0.717, 1.165) is 11.3 Å².